The Bertz CT molecular complexity index is 701. The lowest BCUT2D eigenvalue weighted by Crippen LogP contribution is -2.52. The van der Waals surface area contributed by atoms with Crippen molar-refractivity contribution < 1.29 is 13.3 Å². The molecule has 0 aliphatic carbocycles. The molecule has 0 fully saturated rings. The summed E-state index contributed by atoms with van der Waals surface area (Å²) in [5, 5.41) is 11.2. The molecular formula is C15H25N3O4S. The molecule has 0 amide bonds. The van der Waals surface area contributed by atoms with Gasteiger partial charge in [0.25, 0.3) is 5.69 Å². The van der Waals surface area contributed by atoms with Gasteiger partial charge in [-0.1, -0.05) is 19.9 Å². The molecule has 1 atom stereocenters. The van der Waals surface area contributed by atoms with Crippen LogP contribution in [0.25, 0.3) is 0 Å². The second-order valence-corrected chi connectivity index (χ2v) is 8.20. The SMILES string of the molecule is Cc1ccc([N+](=O)[O-])c(S(=O)(=O)NC(C)(CN)CC(C)C)c1C. The molecule has 130 valence electrons. The van der Waals surface area contributed by atoms with Gasteiger partial charge in [-0.3, -0.25) is 10.1 Å². The summed E-state index contributed by atoms with van der Waals surface area (Å²) >= 11 is 0. The van der Waals surface area contributed by atoms with Gasteiger partial charge >= 0.3 is 0 Å². The maximum atomic E-state index is 12.8. The molecule has 0 bridgehead atoms. The lowest BCUT2D eigenvalue weighted by Gasteiger charge is -2.31. The van der Waals surface area contributed by atoms with E-state index in [9.17, 15) is 18.5 Å². The monoisotopic (exact) mass is 343 g/mol. The lowest BCUT2D eigenvalue weighted by atomic mass is 9.92. The summed E-state index contributed by atoms with van der Waals surface area (Å²) in [6.07, 6.45) is 0.529. The first-order valence-corrected chi connectivity index (χ1v) is 8.90. The minimum Gasteiger partial charge on any atom is -0.329 e. The van der Waals surface area contributed by atoms with Gasteiger partial charge in [-0.05, 0) is 44.2 Å². The zero-order valence-corrected chi connectivity index (χ0v) is 15.0. The molecule has 0 saturated carbocycles. The van der Waals surface area contributed by atoms with Gasteiger partial charge in [0.2, 0.25) is 10.0 Å². The van der Waals surface area contributed by atoms with Crippen molar-refractivity contribution in [2.24, 2.45) is 11.7 Å². The third-order valence-electron chi connectivity index (χ3n) is 3.81. The number of nitrogens with one attached hydrogen (secondary N) is 1. The third kappa shape index (κ3) is 4.49. The van der Waals surface area contributed by atoms with Gasteiger partial charge in [0.05, 0.1) is 4.92 Å². The number of sulfonamides is 1. The number of hydrogen-bond donors (Lipinski definition) is 2. The Balaban J connectivity index is 3.44. The van der Waals surface area contributed by atoms with Gasteiger partial charge in [0, 0.05) is 18.2 Å². The zero-order valence-electron chi connectivity index (χ0n) is 14.2. The first kappa shape index (κ1) is 19.5. The molecule has 8 heteroatoms. The molecule has 3 N–H and O–H groups in total. The molecular weight excluding hydrogens is 318 g/mol. The molecule has 0 radical (unpaired) electrons. The standard InChI is InChI=1S/C15H25N3O4S/c1-10(2)8-15(5,9-16)17-23(21,22)14-12(4)11(3)6-7-13(14)18(19)20/h6-7,10,17H,8-9,16H2,1-5H3. The van der Waals surface area contributed by atoms with E-state index in [1.165, 1.54) is 6.07 Å². The molecule has 1 rings (SSSR count). The molecule has 7 nitrogen and oxygen atoms in total. The van der Waals surface area contributed by atoms with Crippen LogP contribution in [0.1, 0.15) is 38.3 Å². The second kappa shape index (κ2) is 6.94. The highest BCUT2D eigenvalue weighted by Crippen LogP contribution is 2.30. The van der Waals surface area contributed by atoms with Crippen LogP contribution in [0.4, 0.5) is 5.69 Å². The van der Waals surface area contributed by atoms with Crippen LogP contribution in [0.3, 0.4) is 0 Å². The molecule has 0 spiro atoms. The maximum Gasteiger partial charge on any atom is 0.289 e. The molecule has 1 aromatic rings. The highest BCUT2D eigenvalue weighted by atomic mass is 32.2. The van der Waals surface area contributed by atoms with Gasteiger partial charge in [-0.25, -0.2) is 13.1 Å². The Morgan fingerprint density at radius 2 is 1.91 bits per heavy atom. The van der Waals surface area contributed by atoms with Crippen molar-refractivity contribution in [3.05, 3.63) is 33.4 Å². The number of nitro benzene ring substituents is 1. The first-order valence-electron chi connectivity index (χ1n) is 7.42. The topological polar surface area (TPSA) is 115 Å². The normalized spacial score (nSPS) is 14.7. The number of nitrogens with zero attached hydrogens (tertiary/aromatic N) is 1. The number of nitrogens with two attached hydrogens (primary N) is 1. The van der Waals surface area contributed by atoms with Gasteiger partial charge in [-0.15, -0.1) is 0 Å². The van der Waals surface area contributed by atoms with E-state index in [0.717, 1.165) is 0 Å². The summed E-state index contributed by atoms with van der Waals surface area (Å²) in [4.78, 5) is 10.3. The van der Waals surface area contributed by atoms with Gasteiger partial charge in [0.15, 0.2) is 4.90 Å². The van der Waals surface area contributed by atoms with Crippen molar-refractivity contribution in [3.8, 4) is 0 Å². The van der Waals surface area contributed by atoms with Crippen molar-refractivity contribution in [1.82, 2.24) is 4.72 Å². The van der Waals surface area contributed by atoms with Crippen molar-refractivity contribution >= 4 is 15.7 Å². The third-order valence-corrected chi connectivity index (χ3v) is 5.63. The molecule has 0 heterocycles. The van der Waals surface area contributed by atoms with E-state index in [0.29, 0.717) is 17.5 Å². The van der Waals surface area contributed by atoms with Crippen LogP contribution >= 0.6 is 0 Å². The Kier molecular flexibility index (Phi) is 5.89. The molecule has 0 saturated heterocycles. The molecule has 1 aromatic carbocycles. The maximum absolute atomic E-state index is 12.8. The quantitative estimate of drug-likeness (QED) is 0.582. The van der Waals surface area contributed by atoms with E-state index in [1.54, 1.807) is 26.8 Å². The number of hydrogen-bond acceptors (Lipinski definition) is 5. The Morgan fingerprint density at radius 1 is 1.35 bits per heavy atom. The fourth-order valence-electron chi connectivity index (χ4n) is 2.70. The Labute approximate surface area is 137 Å². The molecule has 1 unspecified atom stereocenters. The average Bonchev–Trinajstić information content (AvgIpc) is 2.39. The van der Waals surface area contributed by atoms with Gasteiger partial charge < -0.3 is 5.73 Å². The van der Waals surface area contributed by atoms with Crippen LogP contribution in [0, 0.1) is 29.9 Å². The van der Waals surface area contributed by atoms with Crippen LogP contribution in [0.15, 0.2) is 17.0 Å². The highest BCUT2D eigenvalue weighted by Gasteiger charge is 2.35. The first-order chi connectivity index (χ1) is 10.4. The summed E-state index contributed by atoms with van der Waals surface area (Å²) in [5.41, 5.74) is 5.50. The van der Waals surface area contributed by atoms with Crippen LogP contribution in [-0.4, -0.2) is 25.4 Å². The lowest BCUT2D eigenvalue weighted by molar-refractivity contribution is -0.387. The fourth-order valence-corrected chi connectivity index (χ4v) is 4.60. The fraction of sp³-hybridized carbons (Fsp3) is 0.600. The van der Waals surface area contributed by atoms with Gasteiger partial charge in [-0.2, -0.15) is 0 Å². The minimum atomic E-state index is -4.08. The van der Waals surface area contributed by atoms with Crippen LogP contribution < -0.4 is 10.5 Å². The van der Waals surface area contributed by atoms with E-state index in [-0.39, 0.29) is 17.4 Å². The van der Waals surface area contributed by atoms with Crippen molar-refractivity contribution in [1.29, 1.82) is 0 Å². The van der Waals surface area contributed by atoms with Crippen LogP contribution in [0.5, 0.6) is 0 Å². The highest BCUT2D eigenvalue weighted by molar-refractivity contribution is 7.89. The minimum absolute atomic E-state index is 0.100. The second-order valence-electron chi connectivity index (χ2n) is 6.58. The van der Waals surface area contributed by atoms with Crippen molar-refractivity contribution in [3.63, 3.8) is 0 Å². The molecule has 23 heavy (non-hydrogen) atoms. The smallest absolute Gasteiger partial charge is 0.289 e. The largest absolute Gasteiger partial charge is 0.329 e. The Hall–Kier alpha value is -1.51. The van der Waals surface area contributed by atoms with Crippen LogP contribution in [-0.2, 0) is 10.0 Å². The van der Waals surface area contributed by atoms with E-state index < -0.39 is 26.2 Å². The van der Waals surface area contributed by atoms with Crippen molar-refractivity contribution in [2.75, 3.05) is 6.54 Å². The van der Waals surface area contributed by atoms with Crippen LogP contribution in [0.2, 0.25) is 0 Å². The summed E-state index contributed by atoms with van der Waals surface area (Å²) in [5.74, 6) is 0.222. The molecule has 0 aliphatic heterocycles. The predicted octanol–water partition coefficient (Wildman–Crippen LogP) is 2.25. The van der Waals surface area contributed by atoms with E-state index >= 15 is 0 Å². The van der Waals surface area contributed by atoms with Crippen molar-refractivity contribution in [2.45, 2.75) is 51.5 Å². The average molecular weight is 343 g/mol. The van der Waals surface area contributed by atoms with Gasteiger partial charge in [0.1, 0.15) is 0 Å². The number of rotatable bonds is 7. The van der Waals surface area contributed by atoms with E-state index in [2.05, 4.69) is 4.72 Å². The molecule has 0 aromatic heterocycles. The predicted molar refractivity (Wildman–Crippen MR) is 89.8 cm³/mol. The number of benzene rings is 1. The van der Waals surface area contributed by atoms with E-state index in [1.807, 2.05) is 13.8 Å². The summed E-state index contributed by atoms with van der Waals surface area (Å²) in [7, 11) is -4.08. The summed E-state index contributed by atoms with van der Waals surface area (Å²) < 4.78 is 28.2. The number of aryl methyl sites for hydroxylation is 1. The molecule has 0 aliphatic rings. The summed E-state index contributed by atoms with van der Waals surface area (Å²) in [6, 6.07) is 2.77. The Morgan fingerprint density at radius 3 is 2.35 bits per heavy atom. The summed E-state index contributed by atoms with van der Waals surface area (Å²) in [6.45, 7) is 9.02. The zero-order chi connectivity index (χ0) is 18.0. The van der Waals surface area contributed by atoms with E-state index in [4.69, 9.17) is 5.73 Å². The number of nitro groups is 1.